The van der Waals surface area contributed by atoms with E-state index in [4.69, 9.17) is 11.0 Å². The molecule has 0 spiro atoms. The van der Waals surface area contributed by atoms with Crippen LogP contribution in [0.15, 0.2) is 30.3 Å². The largest absolute Gasteiger partial charge is 0.358 e. The van der Waals surface area contributed by atoms with E-state index in [0.717, 1.165) is 0 Å². The summed E-state index contributed by atoms with van der Waals surface area (Å²) in [4.78, 5) is 15.6. The summed E-state index contributed by atoms with van der Waals surface area (Å²) >= 11 is 0. The van der Waals surface area contributed by atoms with Crippen molar-refractivity contribution in [3.05, 3.63) is 35.9 Å². The fourth-order valence-electron chi connectivity index (χ4n) is 0.746. The van der Waals surface area contributed by atoms with Crippen LogP contribution < -0.4 is 16.3 Å². The Balaban J connectivity index is 2.57. The van der Waals surface area contributed by atoms with Gasteiger partial charge in [0.1, 0.15) is 0 Å². The number of nitrogens with two attached hydrogens (primary N) is 2. The van der Waals surface area contributed by atoms with Gasteiger partial charge in [0, 0.05) is 0 Å². The Morgan fingerprint density at radius 3 is 2.36 bits per heavy atom. The minimum atomic E-state index is -3.53. The zero-order chi connectivity index (χ0) is 10.6. The van der Waals surface area contributed by atoms with Crippen LogP contribution in [0.1, 0.15) is 10.4 Å². The molecular formula is C7H10N3O3P. The zero-order valence-electron chi connectivity index (χ0n) is 7.21. The molecule has 1 rings (SSSR count). The summed E-state index contributed by atoms with van der Waals surface area (Å²) in [5.74, 6) is -0.693. The summed E-state index contributed by atoms with van der Waals surface area (Å²) < 4.78 is 10.7. The van der Waals surface area contributed by atoms with Crippen LogP contribution in [-0.2, 0) is 9.40 Å². The number of rotatable bonds is 3. The molecule has 1 aromatic carbocycles. The van der Waals surface area contributed by atoms with Crippen LogP contribution in [0.3, 0.4) is 0 Å². The predicted octanol–water partition coefficient (Wildman–Crippen LogP) is 0.373. The van der Waals surface area contributed by atoms with E-state index in [1.54, 1.807) is 35.6 Å². The van der Waals surface area contributed by atoms with E-state index in [-0.39, 0.29) is 0 Å². The van der Waals surface area contributed by atoms with Crippen LogP contribution in [0.25, 0.3) is 0 Å². The quantitative estimate of drug-likeness (QED) is 0.496. The first-order valence-corrected chi connectivity index (χ1v) is 5.54. The van der Waals surface area contributed by atoms with Gasteiger partial charge in [-0.2, -0.15) is 0 Å². The van der Waals surface area contributed by atoms with E-state index in [2.05, 4.69) is 4.84 Å². The summed E-state index contributed by atoms with van der Waals surface area (Å²) in [5, 5.41) is 1.78. The Bertz CT molecular complexity index is 362. The highest BCUT2D eigenvalue weighted by Gasteiger charge is 2.12. The molecule has 14 heavy (non-hydrogen) atoms. The molecule has 7 heteroatoms. The smallest absolute Gasteiger partial charge is 0.357 e. The lowest BCUT2D eigenvalue weighted by Gasteiger charge is -2.07. The maximum absolute atomic E-state index is 11.2. The van der Waals surface area contributed by atoms with Gasteiger partial charge in [-0.05, 0) is 12.1 Å². The summed E-state index contributed by atoms with van der Waals surface area (Å²) in [6.07, 6.45) is 0. The van der Waals surface area contributed by atoms with Gasteiger partial charge in [0.2, 0.25) is 0 Å². The molecule has 0 amide bonds. The summed E-state index contributed by atoms with van der Waals surface area (Å²) in [6, 6.07) is 8.17. The SMILES string of the molecule is NP(N)(=O)NOC(=O)c1ccccc1. The molecule has 0 unspecified atom stereocenters. The number of carbonyl (C=O) groups is 1. The van der Waals surface area contributed by atoms with Gasteiger partial charge in [0.25, 0.3) is 0 Å². The third kappa shape index (κ3) is 3.68. The Kier molecular flexibility index (Phi) is 3.38. The molecule has 0 saturated carbocycles. The number of nitrogens with one attached hydrogen (secondary N) is 1. The monoisotopic (exact) mass is 215 g/mol. The highest BCUT2D eigenvalue weighted by Crippen LogP contribution is 2.17. The van der Waals surface area contributed by atoms with E-state index in [9.17, 15) is 9.36 Å². The van der Waals surface area contributed by atoms with Crippen molar-refractivity contribution in [3.8, 4) is 0 Å². The van der Waals surface area contributed by atoms with Gasteiger partial charge in [0.05, 0.1) is 5.56 Å². The molecule has 5 N–H and O–H groups in total. The minimum absolute atomic E-state index is 0.313. The molecule has 0 radical (unpaired) electrons. The lowest BCUT2D eigenvalue weighted by Crippen LogP contribution is -2.25. The van der Waals surface area contributed by atoms with Crippen molar-refractivity contribution >= 4 is 13.6 Å². The maximum atomic E-state index is 11.2. The topological polar surface area (TPSA) is 107 Å². The van der Waals surface area contributed by atoms with Gasteiger partial charge in [0.15, 0.2) is 0 Å². The highest BCUT2D eigenvalue weighted by molar-refractivity contribution is 7.56. The van der Waals surface area contributed by atoms with Gasteiger partial charge < -0.3 is 4.84 Å². The Morgan fingerprint density at radius 2 is 1.86 bits per heavy atom. The van der Waals surface area contributed by atoms with Crippen LogP contribution in [-0.4, -0.2) is 5.97 Å². The molecule has 1 aromatic rings. The highest BCUT2D eigenvalue weighted by atomic mass is 31.2. The van der Waals surface area contributed by atoms with Gasteiger partial charge in [-0.3, -0.25) is 15.6 Å². The predicted molar refractivity (Wildman–Crippen MR) is 51.0 cm³/mol. The van der Waals surface area contributed by atoms with Crippen LogP contribution in [0.4, 0.5) is 0 Å². The lowest BCUT2D eigenvalue weighted by atomic mass is 10.2. The molecule has 0 atom stereocenters. The Hall–Kier alpha value is -1.20. The number of benzene rings is 1. The van der Waals surface area contributed by atoms with Gasteiger partial charge >= 0.3 is 13.6 Å². The van der Waals surface area contributed by atoms with Crippen LogP contribution in [0, 0.1) is 0 Å². The maximum Gasteiger partial charge on any atom is 0.357 e. The molecule has 0 aliphatic rings. The van der Waals surface area contributed by atoms with Crippen LogP contribution >= 0.6 is 7.59 Å². The molecule has 0 aliphatic heterocycles. The van der Waals surface area contributed by atoms with Crippen molar-refractivity contribution in [2.75, 3.05) is 0 Å². The van der Waals surface area contributed by atoms with Crippen molar-refractivity contribution < 1.29 is 14.2 Å². The summed E-state index contributed by atoms with van der Waals surface area (Å²) in [5.41, 5.74) is 10.1. The molecule has 0 fully saturated rings. The molecular weight excluding hydrogens is 205 g/mol. The average Bonchev–Trinajstić information content (AvgIpc) is 2.14. The molecule has 0 aromatic heterocycles. The fraction of sp³-hybridized carbons (Fsp3) is 0. The van der Waals surface area contributed by atoms with Crippen molar-refractivity contribution in [2.24, 2.45) is 11.0 Å². The normalized spacial score (nSPS) is 11.0. The second-order valence-corrected chi connectivity index (χ2v) is 4.16. The summed E-state index contributed by atoms with van der Waals surface area (Å²) in [7, 11) is -3.53. The number of hydrogen-bond donors (Lipinski definition) is 3. The first-order valence-electron chi connectivity index (χ1n) is 3.70. The third-order valence-corrected chi connectivity index (χ3v) is 1.67. The average molecular weight is 215 g/mol. The molecule has 76 valence electrons. The van der Waals surface area contributed by atoms with E-state index in [1.807, 2.05) is 0 Å². The standard InChI is InChI=1S/C7H10N3O3P/c8-14(9,12)10-13-7(11)6-4-2-1-3-5-6/h1-5H,(H5,8,9,10,12). The van der Waals surface area contributed by atoms with Crippen molar-refractivity contribution in [1.82, 2.24) is 5.25 Å². The van der Waals surface area contributed by atoms with Gasteiger partial charge in [-0.15, -0.1) is 0 Å². The van der Waals surface area contributed by atoms with E-state index in [0.29, 0.717) is 5.56 Å². The molecule has 0 bridgehead atoms. The van der Waals surface area contributed by atoms with Crippen molar-refractivity contribution in [2.45, 2.75) is 0 Å². The first kappa shape index (κ1) is 10.9. The molecule has 0 aliphatic carbocycles. The van der Waals surface area contributed by atoms with Crippen molar-refractivity contribution in [3.63, 3.8) is 0 Å². The molecule has 6 nitrogen and oxygen atoms in total. The second-order valence-electron chi connectivity index (χ2n) is 2.56. The molecule has 0 saturated heterocycles. The van der Waals surface area contributed by atoms with Crippen molar-refractivity contribution in [1.29, 1.82) is 0 Å². The second kappa shape index (κ2) is 4.34. The minimum Gasteiger partial charge on any atom is -0.358 e. The lowest BCUT2D eigenvalue weighted by molar-refractivity contribution is 0.0403. The van der Waals surface area contributed by atoms with E-state index in [1.165, 1.54) is 0 Å². The fourth-order valence-corrected chi connectivity index (χ4v) is 0.972. The van der Waals surface area contributed by atoms with Gasteiger partial charge in [-0.25, -0.2) is 4.79 Å². The zero-order valence-corrected chi connectivity index (χ0v) is 8.11. The Labute approximate surface area is 80.7 Å². The number of hydrogen-bond acceptors (Lipinski definition) is 3. The van der Waals surface area contributed by atoms with Crippen LogP contribution in [0.2, 0.25) is 0 Å². The van der Waals surface area contributed by atoms with E-state index >= 15 is 0 Å². The third-order valence-electron chi connectivity index (χ3n) is 1.29. The van der Waals surface area contributed by atoms with Gasteiger partial charge in [-0.1, -0.05) is 23.4 Å². The van der Waals surface area contributed by atoms with Crippen LogP contribution in [0.5, 0.6) is 0 Å². The Morgan fingerprint density at radius 1 is 1.29 bits per heavy atom. The van der Waals surface area contributed by atoms with E-state index < -0.39 is 13.6 Å². The number of carbonyl (C=O) groups excluding carboxylic acids is 1. The first-order chi connectivity index (χ1) is 6.49. The summed E-state index contributed by atoms with van der Waals surface area (Å²) in [6.45, 7) is 0. The molecule has 0 heterocycles.